The Morgan fingerprint density at radius 2 is 2.12 bits per heavy atom. The molecule has 2 aromatic rings. The van der Waals surface area contributed by atoms with Crippen LogP contribution in [0.5, 0.6) is 0 Å². The third kappa shape index (κ3) is 4.18. The number of amides is 2. The van der Waals surface area contributed by atoms with E-state index in [4.69, 9.17) is 10.00 Å². The molecule has 1 unspecified atom stereocenters. The number of allylic oxidation sites excluding steroid dienone is 1. The predicted molar refractivity (Wildman–Crippen MR) is 108 cm³/mol. The predicted octanol–water partition coefficient (Wildman–Crippen LogP) is 4.03. The Balaban J connectivity index is 2.11. The lowest BCUT2D eigenvalue weighted by Crippen LogP contribution is -2.59. The first kappa shape index (κ1) is 22.6. The summed E-state index contributed by atoms with van der Waals surface area (Å²) >= 11 is 0. The number of hydrogen-bond donors (Lipinski definition) is 1. The number of urea groups is 1. The van der Waals surface area contributed by atoms with Gasteiger partial charge in [0.05, 0.1) is 11.3 Å². The minimum Gasteiger partial charge on any atom is -0.459 e. The molecule has 32 heavy (non-hydrogen) atoms. The lowest BCUT2D eigenvalue weighted by molar-refractivity contribution is -0.148. The SMILES string of the molecule is C=CCOC(=O)C1(c2ccc(C#N)nc2)C=C(C)N(c2cccc(C(F)(F)F)c2)C(=O)N1. The minimum atomic E-state index is -4.59. The number of nitrogens with one attached hydrogen (secondary N) is 1. The van der Waals surface area contributed by atoms with Gasteiger partial charge in [-0.25, -0.2) is 14.6 Å². The van der Waals surface area contributed by atoms with Gasteiger partial charge in [0.1, 0.15) is 18.4 Å². The molecule has 164 valence electrons. The zero-order valence-electron chi connectivity index (χ0n) is 16.8. The van der Waals surface area contributed by atoms with Crippen molar-refractivity contribution >= 4 is 17.7 Å². The molecule has 2 amide bonds. The highest BCUT2D eigenvalue weighted by molar-refractivity contribution is 6.02. The summed E-state index contributed by atoms with van der Waals surface area (Å²) in [6.45, 7) is 4.82. The van der Waals surface area contributed by atoms with Crippen LogP contribution in [-0.2, 0) is 21.2 Å². The summed E-state index contributed by atoms with van der Waals surface area (Å²) < 4.78 is 44.6. The van der Waals surface area contributed by atoms with Crippen LogP contribution in [0.1, 0.15) is 23.7 Å². The van der Waals surface area contributed by atoms with Gasteiger partial charge in [-0.05, 0) is 37.3 Å². The number of nitriles is 1. The lowest BCUT2D eigenvalue weighted by atomic mass is 9.88. The number of carbonyl (C=O) groups excluding carboxylic acids is 2. The third-order valence-corrected chi connectivity index (χ3v) is 4.70. The number of pyridine rings is 1. The van der Waals surface area contributed by atoms with E-state index in [9.17, 15) is 22.8 Å². The maximum absolute atomic E-state index is 13.1. The molecule has 1 N–H and O–H groups in total. The summed E-state index contributed by atoms with van der Waals surface area (Å²) in [6, 6.07) is 8.07. The molecule has 0 bridgehead atoms. The monoisotopic (exact) mass is 442 g/mol. The second-order valence-electron chi connectivity index (χ2n) is 6.84. The van der Waals surface area contributed by atoms with E-state index >= 15 is 0 Å². The van der Waals surface area contributed by atoms with Gasteiger partial charge < -0.3 is 10.1 Å². The molecular weight excluding hydrogens is 425 g/mol. The highest BCUT2D eigenvalue weighted by Crippen LogP contribution is 2.36. The second-order valence-corrected chi connectivity index (χ2v) is 6.84. The molecule has 1 atom stereocenters. The van der Waals surface area contributed by atoms with Crippen molar-refractivity contribution < 1.29 is 27.5 Å². The minimum absolute atomic E-state index is 0.0305. The van der Waals surface area contributed by atoms with Gasteiger partial charge in [0, 0.05) is 17.5 Å². The van der Waals surface area contributed by atoms with Gasteiger partial charge in [0.2, 0.25) is 0 Å². The number of esters is 1. The van der Waals surface area contributed by atoms with Crippen LogP contribution >= 0.6 is 0 Å². The van der Waals surface area contributed by atoms with Crippen LogP contribution in [0.4, 0.5) is 23.7 Å². The molecule has 1 aliphatic rings. The van der Waals surface area contributed by atoms with E-state index in [0.29, 0.717) is 0 Å². The van der Waals surface area contributed by atoms with Crippen LogP contribution in [0.15, 0.2) is 67.0 Å². The fourth-order valence-corrected chi connectivity index (χ4v) is 3.27. The summed E-state index contributed by atoms with van der Waals surface area (Å²) in [5.74, 6) is -0.847. The first-order chi connectivity index (χ1) is 15.1. The zero-order valence-corrected chi connectivity index (χ0v) is 16.8. The molecule has 0 saturated carbocycles. The highest BCUT2D eigenvalue weighted by atomic mass is 19.4. The van der Waals surface area contributed by atoms with Crippen LogP contribution in [0.3, 0.4) is 0 Å². The number of halogens is 3. The molecule has 1 aromatic heterocycles. The number of benzene rings is 1. The second kappa shape index (κ2) is 8.55. The standard InChI is InChI=1S/C22H17F3N4O3/c1-3-9-32-19(30)21(16-7-8-17(12-26)27-13-16)11-14(2)29(20(31)28-21)18-6-4-5-15(10-18)22(23,24)25/h3-8,10-11,13H,1,9H2,2H3,(H,28,31). The Bertz CT molecular complexity index is 1140. The summed E-state index contributed by atoms with van der Waals surface area (Å²) in [6.07, 6.45) is -0.633. The first-order valence-corrected chi connectivity index (χ1v) is 9.26. The van der Waals surface area contributed by atoms with Gasteiger partial charge in [-0.1, -0.05) is 24.8 Å². The number of rotatable bonds is 5. The molecule has 0 fully saturated rings. The molecule has 1 aliphatic heterocycles. The smallest absolute Gasteiger partial charge is 0.416 e. The summed E-state index contributed by atoms with van der Waals surface area (Å²) in [5.41, 5.74) is -2.26. The van der Waals surface area contributed by atoms with Crippen LogP contribution in [0.2, 0.25) is 0 Å². The van der Waals surface area contributed by atoms with Crippen molar-refractivity contribution in [2.24, 2.45) is 0 Å². The lowest BCUT2D eigenvalue weighted by Gasteiger charge is -2.38. The average molecular weight is 442 g/mol. The number of hydrogen-bond acceptors (Lipinski definition) is 5. The fraction of sp³-hybridized carbons (Fsp3) is 0.182. The van der Waals surface area contributed by atoms with Gasteiger partial charge >= 0.3 is 18.2 Å². The average Bonchev–Trinajstić information content (AvgIpc) is 2.76. The molecule has 0 aliphatic carbocycles. The van der Waals surface area contributed by atoms with E-state index in [0.717, 1.165) is 17.0 Å². The molecule has 0 spiro atoms. The van der Waals surface area contributed by atoms with Crippen molar-refractivity contribution in [3.8, 4) is 6.07 Å². The Kier molecular flexibility index (Phi) is 6.02. The first-order valence-electron chi connectivity index (χ1n) is 9.26. The normalized spacial score (nSPS) is 18.3. The summed E-state index contributed by atoms with van der Waals surface area (Å²) in [5, 5.41) is 11.5. The molecular formula is C22H17F3N4O3. The van der Waals surface area contributed by atoms with E-state index in [1.54, 1.807) is 0 Å². The molecule has 3 rings (SSSR count). The van der Waals surface area contributed by atoms with Gasteiger partial charge in [-0.2, -0.15) is 18.4 Å². The summed E-state index contributed by atoms with van der Waals surface area (Å²) in [4.78, 5) is 31.0. The van der Waals surface area contributed by atoms with E-state index in [1.807, 2.05) is 6.07 Å². The number of carbonyl (C=O) groups is 2. The van der Waals surface area contributed by atoms with Crippen LogP contribution in [0.25, 0.3) is 0 Å². The van der Waals surface area contributed by atoms with E-state index in [-0.39, 0.29) is 29.2 Å². The van der Waals surface area contributed by atoms with E-state index < -0.39 is 29.3 Å². The molecule has 2 heterocycles. The fourth-order valence-electron chi connectivity index (χ4n) is 3.27. The third-order valence-electron chi connectivity index (χ3n) is 4.70. The van der Waals surface area contributed by atoms with Crippen molar-refractivity contribution in [1.82, 2.24) is 10.3 Å². The topological polar surface area (TPSA) is 95.3 Å². The quantitative estimate of drug-likeness (QED) is 0.557. The Morgan fingerprint density at radius 1 is 1.38 bits per heavy atom. The maximum atomic E-state index is 13.1. The Hall–Kier alpha value is -4.13. The highest BCUT2D eigenvalue weighted by Gasteiger charge is 2.47. The molecule has 10 heteroatoms. The van der Waals surface area contributed by atoms with Crippen molar-refractivity contribution in [2.45, 2.75) is 18.6 Å². The molecule has 0 saturated heterocycles. The van der Waals surface area contributed by atoms with E-state index in [1.165, 1.54) is 49.5 Å². The Morgan fingerprint density at radius 3 is 2.69 bits per heavy atom. The molecule has 1 aromatic carbocycles. The van der Waals surface area contributed by atoms with Crippen molar-refractivity contribution in [3.63, 3.8) is 0 Å². The number of anilines is 1. The van der Waals surface area contributed by atoms with Crippen LogP contribution < -0.4 is 10.2 Å². The summed E-state index contributed by atoms with van der Waals surface area (Å²) in [7, 11) is 0. The number of ether oxygens (including phenoxy) is 1. The van der Waals surface area contributed by atoms with Crippen molar-refractivity contribution in [1.29, 1.82) is 5.26 Å². The molecule has 0 radical (unpaired) electrons. The van der Waals surface area contributed by atoms with Crippen molar-refractivity contribution in [2.75, 3.05) is 11.5 Å². The van der Waals surface area contributed by atoms with Gasteiger partial charge in [0.15, 0.2) is 5.54 Å². The number of alkyl halides is 3. The molecule has 7 nitrogen and oxygen atoms in total. The van der Waals surface area contributed by atoms with E-state index in [2.05, 4.69) is 16.9 Å². The van der Waals surface area contributed by atoms with Crippen LogP contribution in [0, 0.1) is 11.3 Å². The number of nitrogens with zero attached hydrogens (tertiary/aromatic N) is 3. The van der Waals surface area contributed by atoms with Crippen molar-refractivity contribution in [3.05, 3.63) is 83.8 Å². The van der Waals surface area contributed by atoms with Gasteiger partial charge in [0.25, 0.3) is 0 Å². The zero-order chi connectivity index (χ0) is 23.5. The largest absolute Gasteiger partial charge is 0.459 e. The van der Waals surface area contributed by atoms with Gasteiger partial charge in [-0.3, -0.25) is 4.90 Å². The van der Waals surface area contributed by atoms with Gasteiger partial charge in [-0.15, -0.1) is 0 Å². The maximum Gasteiger partial charge on any atom is 0.416 e. The number of aromatic nitrogens is 1. The van der Waals surface area contributed by atoms with Crippen LogP contribution in [-0.4, -0.2) is 23.6 Å². The Labute approximate surface area is 181 Å².